The summed E-state index contributed by atoms with van der Waals surface area (Å²) in [6, 6.07) is 3.27. The molecule has 0 aliphatic carbocycles. The molecule has 7 nitrogen and oxygen atoms in total. The zero-order valence-electron chi connectivity index (χ0n) is 11.5. The number of hydrogen-bond acceptors (Lipinski definition) is 5. The molecule has 0 amide bonds. The van der Waals surface area contributed by atoms with Crippen molar-refractivity contribution in [3.63, 3.8) is 0 Å². The number of nitrogens with one attached hydrogen (secondary N) is 2. The number of aromatic nitrogens is 2. The van der Waals surface area contributed by atoms with E-state index in [0.29, 0.717) is 12.3 Å². The quantitative estimate of drug-likeness (QED) is 0.781. The van der Waals surface area contributed by atoms with E-state index in [9.17, 15) is 8.42 Å². The van der Waals surface area contributed by atoms with Crippen LogP contribution in [-0.2, 0) is 30.2 Å². The molecule has 2 N–H and O–H groups in total. The molecule has 0 spiro atoms. The molecule has 0 saturated heterocycles. The zero-order chi connectivity index (χ0) is 14.6. The summed E-state index contributed by atoms with van der Waals surface area (Å²) in [5.74, 6) is 0.470. The second-order valence-electron chi connectivity index (χ2n) is 4.36. The van der Waals surface area contributed by atoms with Crippen LogP contribution in [0.2, 0.25) is 0 Å². The Morgan fingerprint density at radius 2 is 2.20 bits per heavy atom. The van der Waals surface area contributed by atoms with Gasteiger partial charge in [-0.15, -0.1) is 0 Å². The summed E-state index contributed by atoms with van der Waals surface area (Å²) in [7, 11) is -1.73. The zero-order valence-corrected chi connectivity index (χ0v) is 12.3. The monoisotopic (exact) mass is 298 g/mol. The molecule has 0 fully saturated rings. The van der Waals surface area contributed by atoms with Gasteiger partial charge in [-0.1, -0.05) is 12.1 Å². The molecule has 0 saturated carbocycles. The maximum Gasteiger partial charge on any atom is 0.242 e. The van der Waals surface area contributed by atoms with Gasteiger partial charge in [-0.25, -0.2) is 13.1 Å². The van der Waals surface area contributed by atoms with E-state index in [4.69, 9.17) is 4.52 Å². The van der Waals surface area contributed by atoms with Crippen molar-refractivity contribution in [1.82, 2.24) is 19.8 Å². The van der Waals surface area contributed by atoms with Gasteiger partial charge in [-0.2, -0.15) is 0 Å². The number of sulfonamides is 1. The molecule has 0 atom stereocenters. The molecular weight excluding hydrogens is 280 g/mol. The van der Waals surface area contributed by atoms with E-state index in [1.165, 1.54) is 6.20 Å². The normalized spacial score (nSPS) is 11.9. The third kappa shape index (κ3) is 3.47. The Morgan fingerprint density at radius 3 is 2.85 bits per heavy atom. The van der Waals surface area contributed by atoms with Gasteiger partial charge < -0.3 is 14.4 Å². The fourth-order valence-corrected chi connectivity index (χ4v) is 2.82. The molecule has 20 heavy (non-hydrogen) atoms. The largest absolute Gasteiger partial charge is 0.360 e. The second-order valence-corrected chi connectivity index (χ2v) is 6.13. The van der Waals surface area contributed by atoms with Crippen LogP contribution >= 0.6 is 0 Å². The summed E-state index contributed by atoms with van der Waals surface area (Å²) in [4.78, 5) is 0.243. The van der Waals surface area contributed by atoms with Crippen molar-refractivity contribution in [3.05, 3.63) is 36.0 Å². The predicted octanol–water partition coefficient (Wildman–Crippen LogP) is 0.601. The van der Waals surface area contributed by atoms with Crippen molar-refractivity contribution < 1.29 is 12.9 Å². The Bertz CT molecular complexity index is 646. The van der Waals surface area contributed by atoms with Crippen molar-refractivity contribution in [3.8, 4) is 0 Å². The van der Waals surface area contributed by atoms with Crippen molar-refractivity contribution >= 4 is 10.0 Å². The molecule has 0 aliphatic heterocycles. The first kappa shape index (κ1) is 14.8. The van der Waals surface area contributed by atoms with E-state index >= 15 is 0 Å². The van der Waals surface area contributed by atoms with Crippen LogP contribution in [0.4, 0.5) is 0 Å². The maximum atomic E-state index is 12.2. The van der Waals surface area contributed by atoms with Crippen molar-refractivity contribution in [2.75, 3.05) is 6.54 Å². The van der Waals surface area contributed by atoms with Crippen molar-refractivity contribution in [1.29, 1.82) is 0 Å². The predicted molar refractivity (Wildman–Crippen MR) is 73.3 cm³/mol. The summed E-state index contributed by atoms with van der Waals surface area (Å²) in [5.41, 5.74) is 0.909. The summed E-state index contributed by atoms with van der Waals surface area (Å²) in [6.45, 7) is 3.54. The lowest BCUT2D eigenvalue weighted by Gasteiger charge is -2.02. The van der Waals surface area contributed by atoms with Crippen LogP contribution in [0.5, 0.6) is 0 Å². The van der Waals surface area contributed by atoms with E-state index in [2.05, 4.69) is 15.2 Å². The highest BCUT2D eigenvalue weighted by Crippen LogP contribution is 2.14. The minimum absolute atomic E-state index is 0.0831. The Morgan fingerprint density at radius 1 is 1.40 bits per heavy atom. The van der Waals surface area contributed by atoms with Crippen molar-refractivity contribution in [2.24, 2.45) is 7.05 Å². The topological polar surface area (TPSA) is 89.2 Å². The first-order chi connectivity index (χ1) is 9.53. The van der Waals surface area contributed by atoms with Gasteiger partial charge in [0.25, 0.3) is 0 Å². The lowest BCUT2D eigenvalue weighted by atomic mass is 10.4. The lowest BCUT2D eigenvalue weighted by Crippen LogP contribution is -2.22. The fourth-order valence-electron chi connectivity index (χ4n) is 1.74. The van der Waals surface area contributed by atoms with E-state index in [1.54, 1.807) is 22.9 Å². The van der Waals surface area contributed by atoms with Crippen LogP contribution in [-0.4, -0.2) is 24.7 Å². The molecule has 110 valence electrons. The van der Waals surface area contributed by atoms with Gasteiger partial charge in [0, 0.05) is 31.5 Å². The number of nitrogens with zero attached hydrogens (tertiary/aromatic N) is 2. The third-order valence-electron chi connectivity index (χ3n) is 2.88. The minimum atomic E-state index is -3.55. The van der Waals surface area contributed by atoms with Crippen LogP contribution < -0.4 is 10.0 Å². The fraction of sp³-hybridized carbons (Fsp3) is 0.417. The SMILES string of the molecule is CCNCc1cc(S(=O)(=O)NCc2ccno2)cn1C. The Hall–Kier alpha value is -1.64. The Balaban J connectivity index is 2.09. The highest BCUT2D eigenvalue weighted by atomic mass is 32.2. The Labute approximate surface area is 118 Å². The standard InChI is InChI=1S/C12H18N4O3S/c1-3-13-7-10-6-12(9-16(10)2)20(17,18)15-8-11-4-5-14-19-11/h4-6,9,13,15H,3,7-8H2,1-2H3. The van der Waals surface area contributed by atoms with Crippen molar-refractivity contribution in [2.45, 2.75) is 24.9 Å². The highest BCUT2D eigenvalue weighted by molar-refractivity contribution is 7.89. The summed E-state index contributed by atoms with van der Waals surface area (Å²) < 4.78 is 33.5. The van der Waals surface area contributed by atoms with Gasteiger partial charge >= 0.3 is 0 Å². The second kappa shape index (κ2) is 6.21. The maximum absolute atomic E-state index is 12.2. The van der Waals surface area contributed by atoms with E-state index in [1.807, 2.05) is 14.0 Å². The van der Waals surface area contributed by atoms with Gasteiger partial charge in [0.2, 0.25) is 10.0 Å². The molecule has 8 heteroatoms. The van der Waals surface area contributed by atoms with E-state index < -0.39 is 10.0 Å². The summed E-state index contributed by atoms with van der Waals surface area (Å²) in [6.07, 6.45) is 3.07. The van der Waals surface area contributed by atoms with E-state index in [0.717, 1.165) is 12.2 Å². The summed E-state index contributed by atoms with van der Waals surface area (Å²) >= 11 is 0. The van der Waals surface area contributed by atoms with Crippen LogP contribution in [0.3, 0.4) is 0 Å². The van der Waals surface area contributed by atoms with Gasteiger partial charge in [-0.05, 0) is 12.6 Å². The van der Waals surface area contributed by atoms with Gasteiger partial charge in [0.05, 0.1) is 17.6 Å². The Kier molecular flexibility index (Phi) is 4.58. The molecular formula is C12H18N4O3S. The average molecular weight is 298 g/mol. The van der Waals surface area contributed by atoms with Gasteiger partial charge in [-0.3, -0.25) is 0 Å². The average Bonchev–Trinajstić information content (AvgIpc) is 3.04. The number of rotatable bonds is 7. The summed E-state index contributed by atoms with van der Waals surface area (Å²) in [5, 5.41) is 6.69. The molecule has 2 rings (SSSR count). The van der Waals surface area contributed by atoms with Crippen LogP contribution in [0.25, 0.3) is 0 Å². The molecule has 0 radical (unpaired) electrons. The number of aryl methyl sites for hydroxylation is 1. The van der Waals surface area contributed by atoms with Gasteiger partial charge in [0.1, 0.15) is 0 Å². The molecule has 0 aromatic carbocycles. The lowest BCUT2D eigenvalue weighted by molar-refractivity contribution is 0.380. The highest BCUT2D eigenvalue weighted by Gasteiger charge is 2.17. The first-order valence-corrected chi connectivity index (χ1v) is 7.76. The van der Waals surface area contributed by atoms with Crippen LogP contribution in [0.15, 0.2) is 33.9 Å². The first-order valence-electron chi connectivity index (χ1n) is 6.28. The third-order valence-corrected chi connectivity index (χ3v) is 4.25. The van der Waals surface area contributed by atoms with Gasteiger partial charge in [0.15, 0.2) is 5.76 Å². The van der Waals surface area contributed by atoms with E-state index in [-0.39, 0.29) is 11.4 Å². The molecule has 2 heterocycles. The molecule has 0 unspecified atom stereocenters. The van der Waals surface area contributed by atoms with Crippen LogP contribution in [0, 0.1) is 0 Å². The molecule has 2 aromatic heterocycles. The van der Waals surface area contributed by atoms with Crippen LogP contribution in [0.1, 0.15) is 18.4 Å². The minimum Gasteiger partial charge on any atom is -0.360 e. The smallest absolute Gasteiger partial charge is 0.242 e. The molecule has 0 aliphatic rings. The number of hydrogen-bond donors (Lipinski definition) is 2. The molecule has 2 aromatic rings. The molecule has 0 bridgehead atoms.